The van der Waals surface area contributed by atoms with Crippen molar-refractivity contribution in [3.8, 4) is 0 Å². The van der Waals surface area contributed by atoms with Gasteiger partial charge >= 0.3 is 0 Å². The van der Waals surface area contributed by atoms with Gasteiger partial charge < -0.3 is 14.0 Å². The molecule has 0 aliphatic heterocycles. The molecule has 370 valence electrons. The molecule has 0 bridgehead atoms. The van der Waals surface area contributed by atoms with Crippen molar-refractivity contribution in [2.45, 2.75) is 271 Å². The summed E-state index contributed by atoms with van der Waals surface area (Å²) in [5.41, 5.74) is 0. The molecule has 10 atom stereocenters. The first kappa shape index (κ1) is 51.4. The van der Waals surface area contributed by atoms with E-state index in [1.54, 1.807) is 0 Å². The van der Waals surface area contributed by atoms with Gasteiger partial charge in [0.2, 0.25) is 0 Å². The lowest BCUT2D eigenvalue weighted by atomic mass is 9.61. The highest BCUT2D eigenvalue weighted by atomic mass is 16.5. The van der Waals surface area contributed by atoms with Crippen LogP contribution in [0.5, 0.6) is 0 Å². The summed E-state index contributed by atoms with van der Waals surface area (Å²) in [6, 6.07) is 0.631. The number of allylic oxidation sites excluding steroid dienone is 4. The van der Waals surface area contributed by atoms with Crippen molar-refractivity contribution >= 4 is 0 Å². The van der Waals surface area contributed by atoms with Gasteiger partial charge in [-0.3, -0.25) is 0 Å². The quantitative estimate of drug-likeness (QED) is 0.109. The summed E-state index contributed by atoms with van der Waals surface area (Å²) in [6.45, 7) is 16.4. The maximum Gasteiger partial charge on any atom is 0.136 e. The summed E-state index contributed by atoms with van der Waals surface area (Å²) in [5.74, 6) is 11.4. The Morgan fingerprint density at radius 3 is 1.58 bits per heavy atom. The first-order valence-electron chi connectivity index (χ1n) is 29.4. The van der Waals surface area contributed by atoms with Crippen LogP contribution in [-0.2, 0) is 9.47 Å². The van der Waals surface area contributed by atoms with E-state index in [-0.39, 0.29) is 0 Å². The van der Waals surface area contributed by atoms with Crippen LogP contribution in [0.25, 0.3) is 0 Å². The molecule has 0 spiro atoms. The Balaban J connectivity index is 1.02. The normalized spacial score (nSPS) is 35.5. The van der Waals surface area contributed by atoms with Crippen molar-refractivity contribution in [3.63, 3.8) is 0 Å². The fourth-order valence-electron chi connectivity index (χ4n) is 14.4. The minimum Gasteiger partial charge on any atom is -0.378 e. The van der Waals surface area contributed by atoms with E-state index in [0.717, 1.165) is 48.7 Å². The van der Waals surface area contributed by atoms with Crippen molar-refractivity contribution in [2.75, 3.05) is 13.2 Å². The van der Waals surface area contributed by atoms with Crippen LogP contribution < -0.4 is 0 Å². The molecule has 5 nitrogen and oxygen atoms in total. The minimum absolute atomic E-state index is 0.455. The standard InChI is InChI=1S/C60H103N3O2/c1-7-11-18-46(9-3)42-64-56-24-16-20-48(39-56)28-32-53-41-58(54(38-45(53)6)33-29-49-21-17-25-57(40-49)65-43-47(10-4)19-12-8-2)50-34-36-52(37-35-50)60-62-61-59(51-30-26-44(5)27-31-51)63(60)55-22-14-13-15-23-55/h28-29,32-33,44-58H,7-27,30-31,34-43H2,1-6H3/b32-28?,33-29+. The topological polar surface area (TPSA) is 49.2 Å². The molecular formula is C60H103N3O2. The van der Waals surface area contributed by atoms with E-state index in [1.807, 2.05) is 0 Å². The largest absolute Gasteiger partial charge is 0.378 e. The van der Waals surface area contributed by atoms with Crippen molar-refractivity contribution in [2.24, 2.45) is 59.2 Å². The van der Waals surface area contributed by atoms with Gasteiger partial charge in [-0.05, 0) is 175 Å². The highest BCUT2D eigenvalue weighted by Gasteiger charge is 2.41. The first-order chi connectivity index (χ1) is 31.8. The van der Waals surface area contributed by atoms with Gasteiger partial charge in [0.05, 0.1) is 12.2 Å². The second kappa shape index (κ2) is 27.1. The van der Waals surface area contributed by atoms with Gasteiger partial charge in [-0.25, -0.2) is 0 Å². The van der Waals surface area contributed by atoms with Crippen LogP contribution in [0, 0.1) is 59.2 Å². The SMILES string of the molecule is CCCCC(CC)COC1CCCC(C=CC2CC(C3CCC(c4nnc(C5CCC(C)CC5)n4C4CCCCC4)CC3)C(/C=C/C3CCCC(OCC(CC)CCCC)C3)CC2C)C1. The summed E-state index contributed by atoms with van der Waals surface area (Å²) in [6.07, 6.45) is 52.9. The number of unbranched alkanes of at least 4 members (excludes halogenated alkanes) is 2. The Hall–Kier alpha value is -1.46. The Labute approximate surface area is 401 Å². The van der Waals surface area contributed by atoms with Crippen LogP contribution in [0.1, 0.15) is 270 Å². The van der Waals surface area contributed by atoms with Crippen molar-refractivity contribution in [1.29, 1.82) is 0 Å². The molecule has 65 heavy (non-hydrogen) atoms. The predicted molar refractivity (Wildman–Crippen MR) is 274 cm³/mol. The maximum absolute atomic E-state index is 6.70. The third kappa shape index (κ3) is 15.0. The van der Waals surface area contributed by atoms with Crippen molar-refractivity contribution < 1.29 is 9.47 Å². The van der Waals surface area contributed by atoms with Crippen LogP contribution >= 0.6 is 0 Å². The molecule has 1 heterocycles. The van der Waals surface area contributed by atoms with Gasteiger partial charge in [-0.15, -0.1) is 10.2 Å². The molecule has 0 saturated heterocycles. The summed E-state index contributed by atoms with van der Waals surface area (Å²) < 4.78 is 16.2. The lowest BCUT2D eigenvalue weighted by Crippen LogP contribution is -2.35. The number of aromatic nitrogens is 3. The number of nitrogens with zero attached hydrogens (tertiary/aromatic N) is 3. The van der Waals surface area contributed by atoms with E-state index in [4.69, 9.17) is 19.7 Å². The van der Waals surface area contributed by atoms with Gasteiger partial charge in [-0.1, -0.05) is 149 Å². The monoisotopic (exact) mass is 898 g/mol. The lowest BCUT2D eigenvalue weighted by molar-refractivity contribution is -0.00277. The summed E-state index contributed by atoms with van der Waals surface area (Å²) in [5, 5.41) is 10.3. The van der Waals surface area contributed by atoms with E-state index in [2.05, 4.69) is 70.4 Å². The van der Waals surface area contributed by atoms with Crippen LogP contribution in [0.15, 0.2) is 24.3 Å². The van der Waals surface area contributed by atoms with Crippen LogP contribution in [0.2, 0.25) is 0 Å². The number of hydrogen-bond donors (Lipinski definition) is 0. The maximum atomic E-state index is 6.70. The Morgan fingerprint density at radius 2 is 1.06 bits per heavy atom. The van der Waals surface area contributed by atoms with E-state index in [0.29, 0.717) is 53.8 Å². The molecule has 0 radical (unpaired) electrons. The second-order valence-corrected chi connectivity index (χ2v) is 24.0. The third-order valence-electron chi connectivity index (χ3n) is 19.1. The molecule has 10 unspecified atom stereocenters. The number of rotatable bonds is 22. The molecular weight excluding hydrogens is 795 g/mol. The van der Waals surface area contributed by atoms with E-state index in [9.17, 15) is 0 Å². The Bertz CT molecular complexity index is 1510. The zero-order valence-corrected chi connectivity index (χ0v) is 43.5. The van der Waals surface area contributed by atoms with Crippen LogP contribution in [0.4, 0.5) is 0 Å². The zero-order chi connectivity index (χ0) is 45.4. The fraction of sp³-hybridized carbons (Fsp3) is 0.900. The molecule has 0 N–H and O–H groups in total. The minimum atomic E-state index is 0.455. The van der Waals surface area contributed by atoms with Gasteiger partial charge in [-0.2, -0.15) is 0 Å². The van der Waals surface area contributed by atoms with Gasteiger partial charge in [0.15, 0.2) is 0 Å². The molecule has 6 saturated carbocycles. The molecule has 1 aromatic heterocycles. The van der Waals surface area contributed by atoms with Crippen molar-refractivity contribution in [1.82, 2.24) is 14.8 Å². The summed E-state index contributed by atoms with van der Waals surface area (Å²) in [7, 11) is 0. The average molecular weight is 899 g/mol. The molecule has 6 aliphatic rings. The summed E-state index contributed by atoms with van der Waals surface area (Å²) in [4.78, 5) is 0. The van der Waals surface area contributed by atoms with Gasteiger partial charge in [0.1, 0.15) is 11.6 Å². The molecule has 0 aromatic carbocycles. The third-order valence-corrected chi connectivity index (χ3v) is 19.1. The van der Waals surface area contributed by atoms with Crippen molar-refractivity contribution in [3.05, 3.63) is 36.0 Å². The molecule has 0 amide bonds. The molecule has 5 heteroatoms. The molecule has 6 fully saturated rings. The average Bonchev–Trinajstić information content (AvgIpc) is 3.79. The Morgan fingerprint density at radius 1 is 0.538 bits per heavy atom. The van der Waals surface area contributed by atoms with Gasteiger partial charge in [0, 0.05) is 31.1 Å². The first-order valence-corrected chi connectivity index (χ1v) is 29.4. The van der Waals surface area contributed by atoms with E-state index >= 15 is 0 Å². The molecule has 1 aromatic rings. The molecule has 7 rings (SSSR count). The summed E-state index contributed by atoms with van der Waals surface area (Å²) >= 11 is 0. The number of hydrogen-bond acceptors (Lipinski definition) is 4. The van der Waals surface area contributed by atoms with Crippen LogP contribution in [-0.4, -0.2) is 40.2 Å². The Kier molecular flexibility index (Phi) is 21.4. The highest BCUT2D eigenvalue weighted by Crippen LogP contribution is 2.50. The molecule has 6 aliphatic carbocycles. The van der Waals surface area contributed by atoms with Crippen LogP contribution in [0.3, 0.4) is 0 Å². The van der Waals surface area contributed by atoms with Gasteiger partial charge in [0.25, 0.3) is 0 Å². The fourth-order valence-corrected chi connectivity index (χ4v) is 14.4. The van der Waals surface area contributed by atoms with E-state index in [1.165, 1.54) is 211 Å². The highest BCUT2D eigenvalue weighted by molar-refractivity contribution is 5.12. The lowest BCUT2D eigenvalue weighted by Gasteiger charge is -2.44. The number of ether oxygens (including phenoxy) is 2. The smallest absolute Gasteiger partial charge is 0.136 e. The second-order valence-electron chi connectivity index (χ2n) is 24.0. The van der Waals surface area contributed by atoms with E-state index < -0.39 is 0 Å². The predicted octanol–water partition coefficient (Wildman–Crippen LogP) is 17.3. The zero-order valence-electron chi connectivity index (χ0n) is 43.5.